The molecule has 2 rings (SSSR count). The van der Waals surface area contributed by atoms with E-state index in [1.165, 1.54) is 11.1 Å². The standard InChI is InChI=1S/C15H14Br2O/c1-10-3-4-11(2)15(7-10)18-14-6-5-12(9-16)8-13(14)17/h3-8H,9H2,1-2H3. The van der Waals surface area contributed by atoms with Gasteiger partial charge in [-0.3, -0.25) is 0 Å². The minimum atomic E-state index is 0.841. The molecule has 2 aromatic rings. The zero-order chi connectivity index (χ0) is 13.1. The summed E-state index contributed by atoms with van der Waals surface area (Å²) in [7, 11) is 0. The highest BCUT2D eigenvalue weighted by atomic mass is 79.9. The summed E-state index contributed by atoms with van der Waals surface area (Å²) < 4.78 is 6.93. The fraction of sp³-hybridized carbons (Fsp3) is 0.200. The van der Waals surface area contributed by atoms with Crippen molar-refractivity contribution in [3.63, 3.8) is 0 Å². The number of benzene rings is 2. The first-order valence-electron chi connectivity index (χ1n) is 5.69. The number of aryl methyl sites for hydroxylation is 2. The Hall–Kier alpha value is -0.800. The van der Waals surface area contributed by atoms with Crippen LogP contribution in [0.5, 0.6) is 11.5 Å². The van der Waals surface area contributed by atoms with Crippen LogP contribution in [0.25, 0.3) is 0 Å². The molecule has 0 N–H and O–H groups in total. The predicted molar refractivity (Wildman–Crippen MR) is 82.8 cm³/mol. The summed E-state index contributed by atoms with van der Waals surface area (Å²) in [6.07, 6.45) is 0. The number of halogens is 2. The minimum Gasteiger partial charge on any atom is -0.456 e. The number of hydrogen-bond donors (Lipinski definition) is 0. The van der Waals surface area contributed by atoms with Crippen molar-refractivity contribution in [2.45, 2.75) is 19.2 Å². The normalized spacial score (nSPS) is 10.4. The van der Waals surface area contributed by atoms with E-state index in [1.807, 2.05) is 6.07 Å². The molecule has 0 fully saturated rings. The second-order valence-corrected chi connectivity index (χ2v) is 5.68. The van der Waals surface area contributed by atoms with Crippen LogP contribution in [0.3, 0.4) is 0 Å². The fourth-order valence-corrected chi connectivity index (χ4v) is 2.50. The lowest BCUT2D eigenvalue weighted by atomic mass is 10.1. The average Bonchev–Trinajstić information content (AvgIpc) is 2.36. The quantitative estimate of drug-likeness (QED) is 0.625. The third-order valence-electron chi connectivity index (χ3n) is 2.71. The molecule has 0 radical (unpaired) electrons. The van der Waals surface area contributed by atoms with Crippen molar-refractivity contribution < 1.29 is 4.74 Å². The molecular weight excluding hydrogens is 356 g/mol. The molecule has 0 heterocycles. The Balaban J connectivity index is 2.31. The van der Waals surface area contributed by atoms with Crippen molar-refractivity contribution in [3.05, 3.63) is 57.6 Å². The van der Waals surface area contributed by atoms with Crippen LogP contribution in [0.1, 0.15) is 16.7 Å². The van der Waals surface area contributed by atoms with Gasteiger partial charge in [-0.05, 0) is 64.7 Å². The van der Waals surface area contributed by atoms with Gasteiger partial charge in [-0.25, -0.2) is 0 Å². The van der Waals surface area contributed by atoms with Gasteiger partial charge in [0.2, 0.25) is 0 Å². The van der Waals surface area contributed by atoms with E-state index in [-0.39, 0.29) is 0 Å². The van der Waals surface area contributed by atoms with Crippen LogP contribution in [0.2, 0.25) is 0 Å². The maximum atomic E-state index is 5.96. The van der Waals surface area contributed by atoms with Crippen LogP contribution in [0.15, 0.2) is 40.9 Å². The second-order valence-electron chi connectivity index (χ2n) is 4.27. The van der Waals surface area contributed by atoms with E-state index >= 15 is 0 Å². The second kappa shape index (κ2) is 5.89. The molecule has 0 aliphatic heterocycles. The molecule has 0 atom stereocenters. The fourth-order valence-electron chi connectivity index (χ4n) is 1.65. The van der Waals surface area contributed by atoms with Crippen LogP contribution < -0.4 is 4.74 Å². The minimum absolute atomic E-state index is 0.841. The van der Waals surface area contributed by atoms with Crippen molar-refractivity contribution in [2.75, 3.05) is 0 Å². The predicted octanol–water partition coefficient (Wildman–Crippen LogP) is 5.75. The Labute approximate surface area is 124 Å². The zero-order valence-electron chi connectivity index (χ0n) is 10.3. The van der Waals surface area contributed by atoms with Crippen LogP contribution in [0.4, 0.5) is 0 Å². The maximum absolute atomic E-state index is 5.96. The van der Waals surface area contributed by atoms with Gasteiger partial charge in [0.25, 0.3) is 0 Å². The number of rotatable bonds is 3. The summed E-state index contributed by atoms with van der Waals surface area (Å²) in [6.45, 7) is 4.12. The van der Waals surface area contributed by atoms with E-state index in [2.05, 4.69) is 76.0 Å². The highest BCUT2D eigenvalue weighted by Crippen LogP contribution is 2.32. The monoisotopic (exact) mass is 368 g/mol. The van der Waals surface area contributed by atoms with Crippen molar-refractivity contribution in [3.8, 4) is 11.5 Å². The van der Waals surface area contributed by atoms with E-state index in [4.69, 9.17) is 4.74 Å². The van der Waals surface area contributed by atoms with Gasteiger partial charge in [0.05, 0.1) is 4.47 Å². The van der Waals surface area contributed by atoms with E-state index in [0.29, 0.717) is 0 Å². The third kappa shape index (κ3) is 3.15. The molecule has 0 aliphatic carbocycles. The highest BCUT2D eigenvalue weighted by molar-refractivity contribution is 9.10. The van der Waals surface area contributed by atoms with Gasteiger partial charge in [0.1, 0.15) is 11.5 Å². The molecule has 0 saturated carbocycles. The largest absolute Gasteiger partial charge is 0.456 e. The summed E-state index contributed by atoms with van der Waals surface area (Å²) in [5.74, 6) is 1.75. The Morgan fingerprint density at radius 3 is 2.44 bits per heavy atom. The first kappa shape index (κ1) is 13.6. The molecular formula is C15H14Br2O. The Bertz CT molecular complexity index is 564. The lowest BCUT2D eigenvalue weighted by molar-refractivity contribution is 0.475. The summed E-state index contributed by atoms with van der Waals surface area (Å²) in [6, 6.07) is 12.3. The summed E-state index contributed by atoms with van der Waals surface area (Å²) >= 11 is 6.99. The van der Waals surface area contributed by atoms with Crippen LogP contribution in [0, 0.1) is 13.8 Å². The van der Waals surface area contributed by atoms with Crippen molar-refractivity contribution in [2.24, 2.45) is 0 Å². The highest BCUT2D eigenvalue weighted by Gasteiger charge is 2.06. The molecule has 0 spiro atoms. The Kier molecular flexibility index (Phi) is 4.46. The summed E-state index contributed by atoms with van der Waals surface area (Å²) in [4.78, 5) is 0. The molecule has 0 aliphatic rings. The maximum Gasteiger partial charge on any atom is 0.141 e. The van der Waals surface area contributed by atoms with Gasteiger partial charge in [-0.1, -0.05) is 34.1 Å². The van der Waals surface area contributed by atoms with E-state index < -0.39 is 0 Å². The summed E-state index contributed by atoms with van der Waals surface area (Å²) in [5.41, 5.74) is 3.55. The first-order valence-corrected chi connectivity index (χ1v) is 7.61. The third-order valence-corrected chi connectivity index (χ3v) is 3.98. The molecule has 0 bridgehead atoms. The molecule has 18 heavy (non-hydrogen) atoms. The molecule has 0 saturated heterocycles. The topological polar surface area (TPSA) is 9.23 Å². The molecule has 1 nitrogen and oxygen atoms in total. The lowest BCUT2D eigenvalue weighted by Crippen LogP contribution is -1.90. The van der Waals surface area contributed by atoms with Gasteiger partial charge in [0, 0.05) is 5.33 Å². The van der Waals surface area contributed by atoms with Crippen molar-refractivity contribution >= 4 is 31.9 Å². The van der Waals surface area contributed by atoms with E-state index in [9.17, 15) is 0 Å². The van der Waals surface area contributed by atoms with Gasteiger partial charge in [0.15, 0.2) is 0 Å². The average molecular weight is 370 g/mol. The number of hydrogen-bond acceptors (Lipinski definition) is 1. The van der Waals surface area contributed by atoms with Gasteiger partial charge in [-0.15, -0.1) is 0 Å². The van der Waals surface area contributed by atoms with E-state index in [0.717, 1.165) is 26.9 Å². The Morgan fingerprint density at radius 1 is 1.00 bits per heavy atom. The lowest BCUT2D eigenvalue weighted by Gasteiger charge is -2.11. The molecule has 0 unspecified atom stereocenters. The van der Waals surface area contributed by atoms with Crippen molar-refractivity contribution in [1.29, 1.82) is 0 Å². The Morgan fingerprint density at radius 2 is 1.78 bits per heavy atom. The van der Waals surface area contributed by atoms with Gasteiger partial charge >= 0.3 is 0 Å². The van der Waals surface area contributed by atoms with Crippen LogP contribution in [-0.4, -0.2) is 0 Å². The molecule has 0 aromatic heterocycles. The zero-order valence-corrected chi connectivity index (χ0v) is 13.5. The number of alkyl halides is 1. The molecule has 94 valence electrons. The smallest absolute Gasteiger partial charge is 0.141 e. The van der Waals surface area contributed by atoms with Gasteiger partial charge in [-0.2, -0.15) is 0 Å². The first-order chi connectivity index (χ1) is 8.60. The van der Waals surface area contributed by atoms with Crippen LogP contribution in [-0.2, 0) is 5.33 Å². The van der Waals surface area contributed by atoms with E-state index in [1.54, 1.807) is 0 Å². The van der Waals surface area contributed by atoms with Crippen molar-refractivity contribution in [1.82, 2.24) is 0 Å². The molecule has 0 amide bonds. The summed E-state index contributed by atoms with van der Waals surface area (Å²) in [5, 5.41) is 0.843. The van der Waals surface area contributed by atoms with Gasteiger partial charge < -0.3 is 4.74 Å². The SMILES string of the molecule is Cc1ccc(C)c(Oc2ccc(CBr)cc2Br)c1. The molecule has 2 aromatic carbocycles. The molecule has 3 heteroatoms. The van der Waals surface area contributed by atoms with Crippen LogP contribution >= 0.6 is 31.9 Å². The number of ether oxygens (including phenoxy) is 1.